The van der Waals surface area contributed by atoms with Crippen LogP contribution in [0.2, 0.25) is 0 Å². The van der Waals surface area contributed by atoms with Crippen LogP contribution in [-0.4, -0.2) is 21.0 Å². The molecule has 0 amide bonds. The molecule has 0 saturated carbocycles. The number of nitrogens with two attached hydrogens (primary N) is 1. The summed E-state index contributed by atoms with van der Waals surface area (Å²) in [5.41, 5.74) is 6.67. The summed E-state index contributed by atoms with van der Waals surface area (Å²) in [6.45, 7) is 0. The van der Waals surface area contributed by atoms with Gasteiger partial charge >= 0.3 is 5.69 Å². The number of imidazole rings is 1. The van der Waals surface area contributed by atoms with Gasteiger partial charge in [-0.25, -0.2) is 4.79 Å². The normalized spacial score (nSPS) is 11.2. The van der Waals surface area contributed by atoms with Crippen molar-refractivity contribution in [2.24, 2.45) is 5.10 Å². The van der Waals surface area contributed by atoms with Crippen molar-refractivity contribution in [3.8, 4) is 17.2 Å². The quantitative estimate of drug-likeness (QED) is 0.501. The number of aromatic hydroxyl groups is 1. The average molecular weight is 284 g/mol. The van der Waals surface area contributed by atoms with E-state index in [0.717, 1.165) is 10.2 Å². The zero-order valence-corrected chi connectivity index (χ0v) is 10.9. The van der Waals surface area contributed by atoms with Crippen LogP contribution in [0.3, 0.4) is 0 Å². The van der Waals surface area contributed by atoms with Crippen LogP contribution in [0.5, 0.6) is 5.88 Å². The molecule has 3 rings (SSSR count). The van der Waals surface area contributed by atoms with Crippen molar-refractivity contribution in [2.45, 2.75) is 0 Å². The lowest BCUT2D eigenvalue weighted by molar-refractivity contribution is 0.455. The fourth-order valence-corrected chi connectivity index (χ4v) is 1.80. The second kappa shape index (κ2) is 5.04. The van der Waals surface area contributed by atoms with Gasteiger partial charge in [0.05, 0.1) is 12.4 Å². The molecule has 0 aliphatic carbocycles. The Labute approximate surface area is 119 Å². The zero-order chi connectivity index (χ0) is 14.8. The molecule has 0 radical (unpaired) electrons. The number of aromatic amines is 1. The van der Waals surface area contributed by atoms with Crippen LogP contribution in [0.4, 0.5) is 5.69 Å². The second-order valence-corrected chi connectivity index (χ2v) is 4.36. The van der Waals surface area contributed by atoms with E-state index in [0.29, 0.717) is 17.2 Å². The van der Waals surface area contributed by atoms with Gasteiger partial charge in [-0.3, -0.25) is 4.98 Å². The third-order valence-electron chi connectivity index (χ3n) is 2.82. The number of benzene rings is 1. The molecule has 3 aromatic rings. The maximum Gasteiger partial charge on any atom is 0.349 e. The van der Waals surface area contributed by atoms with Crippen molar-refractivity contribution < 1.29 is 9.52 Å². The molecule has 7 heteroatoms. The molecule has 0 bridgehead atoms. The van der Waals surface area contributed by atoms with Gasteiger partial charge in [-0.05, 0) is 36.4 Å². The topological polar surface area (TPSA) is 110 Å². The van der Waals surface area contributed by atoms with Gasteiger partial charge in [-0.15, -0.1) is 0 Å². The summed E-state index contributed by atoms with van der Waals surface area (Å²) in [6, 6.07) is 10.8. The minimum Gasteiger partial charge on any atom is -0.493 e. The molecule has 2 aromatic heterocycles. The molecule has 4 N–H and O–H groups in total. The minimum absolute atomic E-state index is 0.251. The lowest BCUT2D eigenvalue weighted by Crippen LogP contribution is -2.11. The first-order valence-electron chi connectivity index (χ1n) is 6.12. The molecule has 7 nitrogen and oxygen atoms in total. The molecule has 0 fully saturated rings. The molecular formula is C14H12N4O3. The lowest BCUT2D eigenvalue weighted by atomic mass is 10.1. The number of nitrogens with zero attached hydrogens (tertiary/aromatic N) is 2. The van der Waals surface area contributed by atoms with Crippen molar-refractivity contribution in [1.82, 2.24) is 9.66 Å². The van der Waals surface area contributed by atoms with E-state index in [1.165, 1.54) is 12.4 Å². The van der Waals surface area contributed by atoms with Gasteiger partial charge in [0.1, 0.15) is 11.5 Å². The van der Waals surface area contributed by atoms with Crippen molar-refractivity contribution in [3.63, 3.8) is 0 Å². The second-order valence-electron chi connectivity index (χ2n) is 4.36. The van der Waals surface area contributed by atoms with Crippen LogP contribution in [0.1, 0.15) is 5.76 Å². The number of hydrogen-bond acceptors (Lipinski definition) is 5. The molecule has 2 heterocycles. The molecule has 1 aromatic carbocycles. The lowest BCUT2D eigenvalue weighted by Gasteiger charge is -1.97. The Morgan fingerprint density at radius 3 is 2.67 bits per heavy atom. The number of nitrogens with one attached hydrogen (secondary N) is 1. The van der Waals surface area contributed by atoms with E-state index in [1.807, 2.05) is 12.1 Å². The Balaban J connectivity index is 1.83. The highest BCUT2D eigenvalue weighted by molar-refractivity contribution is 5.77. The third-order valence-corrected chi connectivity index (χ3v) is 2.82. The number of anilines is 1. The van der Waals surface area contributed by atoms with Crippen molar-refractivity contribution in [1.29, 1.82) is 0 Å². The number of nitrogen functional groups attached to an aromatic ring is 1. The highest BCUT2D eigenvalue weighted by Crippen LogP contribution is 2.22. The van der Waals surface area contributed by atoms with Crippen molar-refractivity contribution in [3.05, 3.63) is 58.8 Å². The van der Waals surface area contributed by atoms with Crippen LogP contribution >= 0.6 is 0 Å². The number of rotatable bonds is 3. The molecule has 0 atom stereocenters. The van der Waals surface area contributed by atoms with Crippen LogP contribution < -0.4 is 11.4 Å². The highest BCUT2D eigenvalue weighted by Gasteiger charge is 2.04. The smallest absolute Gasteiger partial charge is 0.349 e. The Bertz CT molecular complexity index is 840. The number of hydrogen-bond donors (Lipinski definition) is 3. The molecule has 0 aliphatic heterocycles. The standard InChI is InChI=1S/C14H12N4O3/c15-10-3-1-9(2-4-10)12-6-5-11(21-12)7-16-18-8-13(19)17-14(18)20/h1-8,19H,15H2,(H,17,20). The average Bonchev–Trinajstić information content (AvgIpc) is 3.04. The minimum atomic E-state index is -0.533. The molecule has 106 valence electrons. The van der Waals surface area contributed by atoms with Gasteiger partial charge in [-0.1, -0.05) is 0 Å². The summed E-state index contributed by atoms with van der Waals surface area (Å²) in [5, 5.41) is 13.0. The van der Waals surface area contributed by atoms with Crippen LogP contribution in [0.15, 0.2) is 56.9 Å². The van der Waals surface area contributed by atoms with Crippen molar-refractivity contribution in [2.75, 3.05) is 5.73 Å². The summed E-state index contributed by atoms with van der Waals surface area (Å²) >= 11 is 0. The molecule has 21 heavy (non-hydrogen) atoms. The van der Waals surface area contributed by atoms with Crippen LogP contribution in [-0.2, 0) is 0 Å². The zero-order valence-electron chi connectivity index (χ0n) is 10.9. The molecule has 0 spiro atoms. The number of H-pyrrole nitrogens is 1. The maximum atomic E-state index is 11.3. The third kappa shape index (κ3) is 2.71. The Morgan fingerprint density at radius 1 is 1.24 bits per heavy atom. The number of furan rings is 1. The summed E-state index contributed by atoms with van der Waals surface area (Å²) in [7, 11) is 0. The van der Waals surface area contributed by atoms with E-state index in [4.69, 9.17) is 15.3 Å². The predicted molar refractivity (Wildman–Crippen MR) is 78.3 cm³/mol. The van der Waals surface area contributed by atoms with Crippen molar-refractivity contribution >= 4 is 11.9 Å². The largest absolute Gasteiger partial charge is 0.493 e. The van der Waals surface area contributed by atoms with E-state index < -0.39 is 5.69 Å². The molecule has 0 aliphatic rings. The van der Waals surface area contributed by atoms with Gasteiger partial charge < -0.3 is 15.3 Å². The van der Waals surface area contributed by atoms with E-state index in [9.17, 15) is 4.79 Å². The fourth-order valence-electron chi connectivity index (χ4n) is 1.80. The molecule has 0 saturated heterocycles. The first-order valence-corrected chi connectivity index (χ1v) is 6.12. The van der Waals surface area contributed by atoms with Gasteiger partial charge in [-0.2, -0.15) is 9.78 Å². The SMILES string of the molecule is Nc1ccc(-c2ccc(C=Nn3cc(O)[nH]c3=O)o2)cc1. The number of aromatic nitrogens is 2. The summed E-state index contributed by atoms with van der Waals surface area (Å²) in [4.78, 5) is 13.5. The Kier molecular flexibility index (Phi) is 3.07. The maximum absolute atomic E-state index is 11.3. The summed E-state index contributed by atoms with van der Waals surface area (Å²) in [5.74, 6) is 0.897. The molecular weight excluding hydrogens is 272 g/mol. The van der Waals surface area contributed by atoms with E-state index in [1.54, 1.807) is 24.3 Å². The highest BCUT2D eigenvalue weighted by atomic mass is 16.3. The van der Waals surface area contributed by atoms with E-state index in [-0.39, 0.29) is 5.88 Å². The van der Waals surface area contributed by atoms with Crippen LogP contribution in [0, 0.1) is 0 Å². The van der Waals surface area contributed by atoms with E-state index in [2.05, 4.69) is 10.1 Å². The molecule has 0 unspecified atom stereocenters. The summed E-state index contributed by atoms with van der Waals surface area (Å²) < 4.78 is 6.57. The Hall–Kier alpha value is -3.22. The summed E-state index contributed by atoms with van der Waals surface area (Å²) in [6.07, 6.45) is 2.55. The van der Waals surface area contributed by atoms with Gasteiger partial charge in [0.2, 0.25) is 5.88 Å². The predicted octanol–water partition coefficient (Wildman–Crippen LogP) is 1.61. The Morgan fingerprint density at radius 2 is 2.00 bits per heavy atom. The van der Waals surface area contributed by atoms with Gasteiger partial charge in [0.15, 0.2) is 0 Å². The van der Waals surface area contributed by atoms with E-state index >= 15 is 0 Å². The van der Waals surface area contributed by atoms with Crippen LogP contribution in [0.25, 0.3) is 11.3 Å². The van der Waals surface area contributed by atoms with Gasteiger partial charge in [0, 0.05) is 11.3 Å². The first-order chi connectivity index (χ1) is 10.1. The van der Waals surface area contributed by atoms with Gasteiger partial charge in [0.25, 0.3) is 0 Å². The monoisotopic (exact) mass is 284 g/mol. The fraction of sp³-hybridized carbons (Fsp3) is 0. The first kappa shape index (κ1) is 12.8.